The maximum Gasteiger partial charge on any atom is 0.224 e. The zero-order valence-electron chi connectivity index (χ0n) is 11.5. The SMILES string of the molecule is CCN1CCc2cc(SC(=O)c3ccccc3)ccc21. The zero-order valence-corrected chi connectivity index (χ0v) is 12.3. The number of nitrogens with zero attached hydrogens (tertiary/aromatic N) is 1. The Kier molecular flexibility index (Phi) is 3.79. The van der Waals surface area contributed by atoms with Gasteiger partial charge in [0.15, 0.2) is 0 Å². The molecule has 0 saturated carbocycles. The summed E-state index contributed by atoms with van der Waals surface area (Å²) in [6.07, 6.45) is 1.08. The average molecular weight is 283 g/mol. The summed E-state index contributed by atoms with van der Waals surface area (Å²) in [5, 5.41) is 0.107. The molecule has 1 aliphatic rings. The number of hydrogen-bond donors (Lipinski definition) is 0. The van der Waals surface area contributed by atoms with Crippen LogP contribution in [0.15, 0.2) is 53.4 Å². The van der Waals surface area contributed by atoms with Gasteiger partial charge in [-0.2, -0.15) is 0 Å². The van der Waals surface area contributed by atoms with Crippen LogP contribution in [0.25, 0.3) is 0 Å². The third-order valence-electron chi connectivity index (χ3n) is 3.64. The van der Waals surface area contributed by atoms with Crippen molar-refractivity contribution in [2.24, 2.45) is 0 Å². The van der Waals surface area contributed by atoms with Crippen molar-refractivity contribution < 1.29 is 4.79 Å². The van der Waals surface area contributed by atoms with Crippen LogP contribution in [0, 0.1) is 0 Å². The van der Waals surface area contributed by atoms with Gasteiger partial charge in [0.25, 0.3) is 0 Å². The molecule has 0 aromatic heterocycles. The van der Waals surface area contributed by atoms with Gasteiger partial charge in [-0.05, 0) is 48.9 Å². The third kappa shape index (κ3) is 2.59. The summed E-state index contributed by atoms with van der Waals surface area (Å²) in [4.78, 5) is 15.6. The Bertz CT molecular complexity index is 624. The first-order valence-corrected chi connectivity index (χ1v) is 7.74. The summed E-state index contributed by atoms with van der Waals surface area (Å²) in [7, 11) is 0. The lowest BCUT2D eigenvalue weighted by atomic mass is 10.2. The molecule has 0 saturated heterocycles. The molecular formula is C17H17NOS. The highest BCUT2D eigenvalue weighted by molar-refractivity contribution is 8.14. The van der Waals surface area contributed by atoms with E-state index in [4.69, 9.17) is 0 Å². The minimum Gasteiger partial charge on any atom is -0.371 e. The average Bonchev–Trinajstić information content (AvgIpc) is 2.90. The highest BCUT2D eigenvalue weighted by Gasteiger charge is 2.18. The Morgan fingerprint density at radius 3 is 2.75 bits per heavy atom. The molecule has 2 nitrogen and oxygen atoms in total. The minimum atomic E-state index is 0.107. The summed E-state index contributed by atoms with van der Waals surface area (Å²) in [5.41, 5.74) is 3.44. The van der Waals surface area contributed by atoms with Crippen molar-refractivity contribution in [2.45, 2.75) is 18.2 Å². The van der Waals surface area contributed by atoms with Gasteiger partial charge >= 0.3 is 0 Å². The van der Waals surface area contributed by atoms with Crippen LogP contribution in [0.5, 0.6) is 0 Å². The highest BCUT2D eigenvalue weighted by atomic mass is 32.2. The van der Waals surface area contributed by atoms with Crippen molar-refractivity contribution in [1.29, 1.82) is 0 Å². The number of anilines is 1. The fourth-order valence-corrected chi connectivity index (χ4v) is 3.38. The topological polar surface area (TPSA) is 20.3 Å². The lowest BCUT2D eigenvalue weighted by Crippen LogP contribution is -2.18. The van der Waals surface area contributed by atoms with E-state index in [1.807, 2.05) is 30.3 Å². The fraction of sp³-hybridized carbons (Fsp3) is 0.235. The lowest BCUT2D eigenvalue weighted by molar-refractivity contribution is 0.108. The van der Waals surface area contributed by atoms with Gasteiger partial charge in [0.2, 0.25) is 5.12 Å². The molecule has 2 aromatic carbocycles. The van der Waals surface area contributed by atoms with Gasteiger partial charge in [-0.25, -0.2) is 0 Å². The van der Waals surface area contributed by atoms with Crippen LogP contribution in [0.2, 0.25) is 0 Å². The Morgan fingerprint density at radius 2 is 2.00 bits per heavy atom. The maximum absolute atomic E-state index is 12.2. The number of thioether (sulfide) groups is 1. The molecule has 1 heterocycles. The van der Waals surface area contributed by atoms with Gasteiger partial charge in [-0.3, -0.25) is 4.79 Å². The third-order valence-corrected chi connectivity index (χ3v) is 4.56. The predicted molar refractivity (Wildman–Crippen MR) is 84.7 cm³/mol. The molecule has 0 fully saturated rings. The zero-order chi connectivity index (χ0) is 13.9. The Morgan fingerprint density at radius 1 is 1.20 bits per heavy atom. The Labute approximate surface area is 123 Å². The molecule has 20 heavy (non-hydrogen) atoms. The maximum atomic E-state index is 12.2. The summed E-state index contributed by atoms with van der Waals surface area (Å²) in [6.45, 7) is 4.31. The standard InChI is InChI=1S/C17H17NOS/c1-2-18-11-10-14-12-15(8-9-16(14)18)20-17(19)13-6-4-3-5-7-13/h3-9,12H,2,10-11H2,1H3. The second-order valence-electron chi connectivity index (χ2n) is 4.88. The smallest absolute Gasteiger partial charge is 0.224 e. The van der Waals surface area contributed by atoms with Gasteiger partial charge in [-0.1, -0.05) is 30.3 Å². The van der Waals surface area contributed by atoms with Crippen LogP contribution < -0.4 is 4.90 Å². The second-order valence-corrected chi connectivity index (χ2v) is 5.92. The molecule has 0 radical (unpaired) electrons. The number of carbonyl (C=O) groups excluding carboxylic acids is 1. The van der Waals surface area contributed by atoms with Crippen molar-refractivity contribution in [3.63, 3.8) is 0 Å². The van der Waals surface area contributed by atoms with Crippen molar-refractivity contribution in [3.8, 4) is 0 Å². The molecule has 0 spiro atoms. The van der Waals surface area contributed by atoms with Crippen LogP contribution in [-0.2, 0) is 6.42 Å². The number of hydrogen-bond acceptors (Lipinski definition) is 3. The van der Waals surface area contributed by atoms with Gasteiger partial charge in [0, 0.05) is 29.2 Å². The molecule has 0 atom stereocenters. The molecule has 2 aromatic rings. The minimum absolute atomic E-state index is 0.107. The number of fused-ring (bicyclic) bond motifs is 1. The molecule has 0 aliphatic carbocycles. The summed E-state index contributed by atoms with van der Waals surface area (Å²) in [6, 6.07) is 15.8. The predicted octanol–water partition coefficient (Wildman–Crippen LogP) is 4.00. The van der Waals surface area contributed by atoms with E-state index in [0.717, 1.165) is 30.0 Å². The molecule has 3 rings (SSSR count). The van der Waals surface area contributed by atoms with Crippen molar-refractivity contribution in [2.75, 3.05) is 18.0 Å². The van der Waals surface area contributed by atoms with Crippen LogP contribution in [0.3, 0.4) is 0 Å². The summed E-state index contributed by atoms with van der Waals surface area (Å²) >= 11 is 1.31. The van der Waals surface area contributed by atoms with E-state index >= 15 is 0 Å². The van der Waals surface area contributed by atoms with Gasteiger partial charge in [-0.15, -0.1) is 0 Å². The highest BCUT2D eigenvalue weighted by Crippen LogP contribution is 2.32. The van der Waals surface area contributed by atoms with Gasteiger partial charge in [0.1, 0.15) is 0 Å². The molecule has 0 N–H and O–H groups in total. The largest absolute Gasteiger partial charge is 0.371 e. The monoisotopic (exact) mass is 283 g/mol. The first-order valence-electron chi connectivity index (χ1n) is 6.93. The van der Waals surface area contributed by atoms with E-state index in [2.05, 4.69) is 30.0 Å². The summed E-state index contributed by atoms with van der Waals surface area (Å²) < 4.78 is 0. The van der Waals surface area contributed by atoms with Crippen LogP contribution in [0.1, 0.15) is 22.8 Å². The molecule has 0 amide bonds. The van der Waals surface area contributed by atoms with Crippen LogP contribution >= 0.6 is 11.8 Å². The molecule has 3 heteroatoms. The molecule has 0 bridgehead atoms. The van der Waals surface area contributed by atoms with E-state index in [9.17, 15) is 4.79 Å². The van der Waals surface area contributed by atoms with Crippen molar-refractivity contribution in [3.05, 3.63) is 59.7 Å². The van der Waals surface area contributed by atoms with Crippen LogP contribution in [-0.4, -0.2) is 18.2 Å². The van der Waals surface area contributed by atoms with E-state index in [0.29, 0.717) is 0 Å². The number of benzene rings is 2. The Hall–Kier alpha value is -1.74. The van der Waals surface area contributed by atoms with Crippen molar-refractivity contribution >= 4 is 22.6 Å². The first kappa shape index (κ1) is 13.3. The van der Waals surface area contributed by atoms with E-state index in [1.54, 1.807) is 0 Å². The number of carbonyl (C=O) groups is 1. The lowest BCUT2D eigenvalue weighted by Gasteiger charge is -2.16. The molecular weight excluding hydrogens is 266 g/mol. The van der Waals surface area contributed by atoms with Gasteiger partial charge < -0.3 is 4.90 Å². The number of rotatable bonds is 3. The Balaban J connectivity index is 1.78. The number of likely N-dealkylation sites (N-methyl/N-ethyl adjacent to an activating group) is 1. The quantitative estimate of drug-likeness (QED) is 0.794. The molecule has 0 unspecified atom stereocenters. The second kappa shape index (κ2) is 5.71. The normalized spacial score (nSPS) is 13.3. The fourth-order valence-electron chi connectivity index (χ4n) is 2.58. The molecule has 102 valence electrons. The summed E-state index contributed by atoms with van der Waals surface area (Å²) in [5.74, 6) is 0. The molecule has 1 aliphatic heterocycles. The van der Waals surface area contributed by atoms with E-state index in [1.165, 1.54) is 23.0 Å². The van der Waals surface area contributed by atoms with Gasteiger partial charge in [0.05, 0.1) is 0 Å². The van der Waals surface area contributed by atoms with Crippen LogP contribution in [0.4, 0.5) is 5.69 Å². The van der Waals surface area contributed by atoms with E-state index < -0.39 is 0 Å². The van der Waals surface area contributed by atoms with E-state index in [-0.39, 0.29) is 5.12 Å². The first-order chi connectivity index (χ1) is 9.78. The van der Waals surface area contributed by atoms with Crippen molar-refractivity contribution in [1.82, 2.24) is 0 Å².